The molecule has 0 saturated heterocycles. The predicted octanol–water partition coefficient (Wildman–Crippen LogP) is 4.80. The number of fused-ring (bicyclic) bond motifs is 5. The standard InChI is InChI=1S/C10H6N2S4/c1-3-11-9-7(13-3)5-6(15-9)8-10(16-5)12-4(2)14-8/h1-2H3. The molecule has 4 aromatic heterocycles. The normalized spacial score (nSPS) is 12.4. The zero-order valence-electron chi connectivity index (χ0n) is 8.53. The summed E-state index contributed by atoms with van der Waals surface area (Å²) in [6.07, 6.45) is 0. The minimum Gasteiger partial charge on any atom is -0.231 e. The summed E-state index contributed by atoms with van der Waals surface area (Å²) in [6.45, 7) is 4.14. The molecule has 0 saturated carbocycles. The van der Waals surface area contributed by atoms with Crippen molar-refractivity contribution in [3.8, 4) is 0 Å². The van der Waals surface area contributed by atoms with Crippen molar-refractivity contribution in [2.45, 2.75) is 13.8 Å². The van der Waals surface area contributed by atoms with Crippen LogP contribution < -0.4 is 0 Å². The molecular formula is C10H6N2S4. The van der Waals surface area contributed by atoms with Crippen molar-refractivity contribution in [2.75, 3.05) is 0 Å². The van der Waals surface area contributed by atoms with Gasteiger partial charge in [0.25, 0.3) is 0 Å². The van der Waals surface area contributed by atoms with Gasteiger partial charge < -0.3 is 0 Å². The first kappa shape index (κ1) is 9.47. The quantitative estimate of drug-likeness (QED) is 0.463. The fraction of sp³-hybridized carbons (Fsp3) is 0.200. The molecule has 0 atom stereocenters. The Morgan fingerprint density at radius 3 is 1.50 bits per heavy atom. The summed E-state index contributed by atoms with van der Waals surface area (Å²) < 4.78 is 5.48. The third-order valence-electron chi connectivity index (χ3n) is 2.42. The number of hydrogen-bond donors (Lipinski definition) is 0. The van der Waals surface area contributed by atoms with Gasteiger partial charge in [0.15, 0.2) is 0 Å². The van der Waals surface area contributed by atoms with Crippen molar-refractivity contribution >= 4 is 73.8 Å². The molecule has 0 bridgehead atoms. The third-order valence-corrected chi connectivity index (χ3v) is 7.25. The Kier molecular flexibility index (Phi) is 1.78. The maximum Gasteiger partial charge on any atom is 0.136 e. The first-order chi connectivity index (χ1) is 7.72. The second-order valence-corrected chi connectivity index (χ2v) is 8.00. The summed E-state index contributed by atoms with van der Waals surface area (Å²) in [7, 11) is 0. The lowest BCUT2D eigenvalue weighted by Crippen LogP contribution is -1.60. The molecule has 2 nitrogen and oxygen atoms in total. The highest BCUT2D eigenvalue weighted by Gasteiger charge is 2.17. The smallest absolute Gasteiger partial charge is 0.136 e. The van der Waals surface area contributed by atoms with Gasteiger partial charge in [-0.15, -0.1) is 45.3 Å². The minimum absolute atomic E-state index is 1.16. The van der Waals surface area contributed by atoms with Gasteiger partial charge in [-0.3, -0.25) is 0 Å². The summed E-state index contributed by atoms with van der Waals surface area (Å²) in [4.78, 5) is 11.5. The molecule has 0 aromatic carbocycles. The zero-order valence-corrected chi connectivity index (χ0v) is 11.8. The van der Waals surface area contributed by atoms with Gasteiger partial charge in [-0.05, 0) is 13.8 Å². The van der Waals surface area contributed by atoms with E-state index in [9.17, 15) is 0 Å². The van der Waals surface area contributed by atoms with Gasteiger partial charge in [0.05, 0.1) is 28.8 Å². The van der Waals surface area contributed by atoms with Crippen LogP contribution in [-0.4, -0.2) is 9.97 Å². The average molecular weight is 282 g/mol. The highest BCUT2D eigenvalue weighted by molar-refractivity contribution is 7.43. The predicted molar refractivity (Wildman–Crippen MR) is 75.5 cm³/mol. The molecule has 0 amide bonds. The molecule has 0 aliphatic rings. The molecule has 4 aromatic rings. The van der Waals surface area contributed by atoms with Crippen LogP contribution in [0, 0.1) is 13.8 Å². The fourth-order valence-electron chi connectivity index (χ4n) is 1.83. The molecule has 0 aliphatic heterocycles. The van der Waals surface area contributed by atoms with Crippen LogP contribution >= 0.6 is 45.3 Å². The van der Waals surface area contributed by atoms with Crippen molar-refractivity contribution in [1.82, 2.24) is 9.97 Å². The number of aryl methyl sites for hydroxylation is 2. The van der Waals surface area contributed by atoms with Crippen LogP contribution in [0.1, 0.15) is 10.0 Å². The number of thiazole rings is 2. The molecule has 0 radical (unpaired) electrons. The zero-order chi connectivity index (χ0) is 10.9. The van der Waals surface area contributed by atoms with E-state index < -0.39 is 0 Å². The summed E-state index contributed by atoms with van der Waals surface area (Å²) >= 11 is 7.22. The van der Waals surface area contributed by atoms with E-state index in [0.29, 0.717) is 0 Å². The SMILES string of the molecule is Cc1nc2sc3c4sc(C)nc4sc3c2s1. The summed E-state index contributed by atoms with van der Waals surface area (Å²) in [5, 5.41) is 2.31. The molecule has 80 valence electrons. The van der Waals surface area contributed by atoms with E-state index in [1.165, 1.54) is 28.5 Å². The largest absolute Gasteiger partial charge is 0.231 e. The molecule has 16 heavy (non-hydrogen) atoms. The van der Waals surface area contributed by atoms with Gasteiger partial charge in [-0.2, -0.15) is 0 Å². The minimum atomic E-state index is 1.16. The molecule has 0 unspecified atom stereocenters. The van der Waals surface area contributed by atoms with E-state index in [-0.39, 0.29) is 0 Å². The van der Waals surface area contributed by atoms with E-state index in [4.69, 9.17) is 0 Å². The topological polar surface area (TPSA) is 25.8 Å². The van der Waals surface area contributed by atoms with Crippen LogP contribution in [0.4, 0.5) is 0 Å². The Labute approximate surface area is 107 Å². The Bertz CT molecular complexity index is 759. The summed E-state index contributed by atoms with van der Waals surface area (Å²) in [5.74, 6) is 0. The Hall–Kier alpha value is -0.560. The van der Waals surface area contributed by atoms with Crippen LogP contribution in [0.2, 0.25) is 0 Å². The van der Waals surface area contributed by atoms with Crippen molar-refractivity contribution in [2.24, 2.45) is 0 Å². The monoisotopic (exact) mass is 282 g/mol. The van der Waals surface area contributed by atoms with Crippen molar-refractivity contribution in [3.63, 3.8) is 0 Å². The Morgan fingerprint density at radius 2 is 1.06 bits per heavy atom. The van der Waals surface area contributed by atoms with E-state index in [2.05, 4.69) is 23.8 Å². The van der Waals surface area contributed by atoms with Gasteiger partial charge in [0, 0.05) is 0 Å². The summed E-state index contributed by atoms with van der Waals surface area (Å²) in [6, 6.07) is 0. The average Bonchev–Trinajstić information content (AvgIpc) is 2.85. The van der Waals surface area contributed by atoms with E-state index in [0.717, 1.165) is 10.0 Å². The van der Waals surface area contributed by atoms with Gasteiger partial charge in [0.1, 0.15) is 9.66 Å². The molecule has 0 aliphatic carbocycles. The van der Waals surface area contributed by atoms with E-state index in [1.807, 2.05) is 22.7 Å². The van der Waals surface area contributed by atoms with Gasteiger partial charge in [-0.1, -0.05) is 0 Å². The van der Waals surface area contributed by atoms with Crippen molar-refractivity contribution in [3.05, 3.63) is 10.0 Å². The van der Waals surface area contributed by atoms with Crippen molar-refractivity contribution in [1.29, 1.82) is 0 Å². The second kappa shape index (κ2) is 3.01. The molecular weight excluding hydrogens is 276 g/mol. The van der Waals surface area contributed by atoms with Gasteiger partial charge in [-0.25, -0.2) is 9.97 Å². The molecule has 0 spiro atoms. The van der Waals surface area contributed by atoms with E-state index >= 15 is 0 Å². The second-order valence-electron chi connectivity index (χ2n) is 3.60. The number of hydrogen-bond acceptors (Lipinski definition) is 6. The van der Waals surface area contributed by atoms with Crippen LogP contribution in [-0.2, 0) is 0 Å². The molecule has 0 fully saturated rings. The first-order valence-corrected chi connectivity index (χ1v) is 8.04. The first-order valence-electron chi connectivity index (χ1n) is 4.78. The Balaban J connectivity index is 2.28. The van der Waals surface area contributed by atoms with Crippen LogP contribution in [0.15, 0.2) is 0 Å². The van der Waals surface area contributed by atoms with Gasteiger partial charge >= 0.3 is 0 Å². The molecule has 6 heteroatoms. The number of nitrogens with zero attached hydrogens (tertiary/aromatic N) is 2. The molecule has 0 N–H and O–H groups in total. The maximum absolute atomic E-state index is 4.56. The number of rotatable bonds is 0. The number of aromatic nitrogens is 2. The highest BCUT2D eigenvalue weighted by atomic mass is 32.1. The number of thiophene rings is 2. The molecule has 4 rings (SSSR count). The highest BCUT2D eigenvalue weighted by Crippen LogP contribution is 2.47. The fourth-order valence-corrected chi connectivity index (χ4v) is 6.88. The van der Waals surface area contributed by atoms with Crippen LogP contribution in [0.3, 0.4) is 0 Å². The van der Waals surface area contributed by atoms with Crippen LogP contribution in [0.25, 0.3) is 28.5 Å². The van der Waals surface area contributed by atoms with Crippen molar-refractivity contribution < 1.29 is 0 Å². The lowest BCUT2D eigenvalue weighted by Gasteiger charge is -1.77. The third kappa shape index (κ3) is 1.10. The maximum atomic E-state index is 4.56. The lowest BCUT2D eigenvalue weighted by molar-refractivity contribution is 1.36. The van der Waals surface area contributed by atoms with E-state index in [1.54, 1.807) is 22.7 Å². The molecule has 4 heterocycles. The van der Waals surface area contributed by atoms with Crippen LogP contribution in [0.5, 0.6) is 0 Å². The summed E-state index contributed by atoms with van der Waals surface area (Å²) in [5.41, 5.74) is 0. The lowest BCUT2D eigenvalue weighted by atomic mass is 10.5. The Morgan fingerprint density at radius 1 is 0.625 bits per heavy atom. The van der Waals surface area contributed by atoms with Gasteiger partial charge in [0.2, 0.25) is 0 Å².